The van der Waals surface area contributed by atoms with Gasteiger partial charge in [-0.05, 0) is 36.8 Å². The molecule has 26 heavy (non-hydrogen) atoms. The Morgan fingerprint density at radius 3 is 2.69 bits per heavy atom. The van der Waals surface area contributed by atoms with E-state index in [9.17, 15) is 9.18 Å². The minimum Gasteiger partial charge on any atom is -0.463 e. The van der Waals surface area contributed by atoms with E-state index in [1.54, 1.807) is 19.1 Å². The lowest BCUT2D eigenvalue weighted by atomic mass is 9.99. The Hall–Kier alpha value is -3.15. The van der Waals surface area contributed by atoms with Gasteiger partial charge in [0.25, 0.3) is 0 Å². The summed E-state index contributed by atoms with van der Waals surface area (Å²) in [7, 11) is 1.87. The van der Waals surface area contributed by atoms with Crippen LogP contribution in [0.4, 0.5) is 15.8 Å². The van der Waals surface area contributed by atoms with Gasteiger partial charge in [0.1, 0.15) is 5.82 Å². The number of anilines is 1. The van der Waals surface area contributed by atoms with Crippen LogP contribution >= 0.6 is 0 Å². The SMILES string of the molecule is CCOC(=O)C1=C2Nc3ccccc3N=C2N(C)C1c1ccc(F)cc1. The number of carbonyl (C=O) groups is 1. The summed E-state index contributed by atoms with van der Waals surface area (Å²) in [5.41, 5.74) is 3.56. The van der Waals surface area contributed by atoms with E-state index in [0.717, 1.165) is 16.9 Å². The summed E-state index contributed by atoms with van der Waals surface area (Å²) in [6, 6.07) is 13.4. The second-order valence-electron chi connectivity index (χ2n) is 6.15. The number of fused-ring (bicyclic) bond motifs is 2. The van der Waals surface area contributed by atoms with Crippen LogP contribution in [0.15, 0.2) is 64.8 Å². The molecular weight excluding hydrogens is 333 g/mol. The Kier molecular flexibility index (Phi) is 3.95. The van der Waals surface area contributed by atoms with Gasteiger partial charge in [-0.2, -0.15) is 0 Å². The molecule has 5 nitrogen and oxygen atoms in total. The van der Waals surface area contributed by atoms with Gasteiger partial charge in [-0.1, -0.05) is 24.3 Å². The lowest BCUT2D eigenvalue weighted by molar-refractivity contribution is -0.139. The number of amidine groups is 1. The first-order valence-corrected chi connectivity index (χ1v) is 8.45. The highest BCUT2D eigenvalue weighted by molar-refractivity contribution is 6.14. The van der Waals surface area contributed by atoms with Crippen molar-refractivity contribution >= 4 is 23.2 Å². The first-order chi connectivity index (χ1) is 12.6. The zero-order chi connectivity index (χ0) is 18.3. The van der Waals surface area contributed by atoms with Crippen LogP contribution in [-0.4, -0.2) is 30.4 Å². The van der Waals surface area contributed by atoms with Crippen molar-refractivity contribution in [3.63, 3.8) is 0 Å². The van der Waals surface area contributed by atoms with E-state index in [0.29, 0.717) is 17.1 Å². The summed E-state index contributed by atoms with van der Waals surface area (Å²) in [5.74, 6) is -0.0538. The molecule has 0 saturated carbocycles. The van der Waals surface area contributed by atoms with Crippen LogP contribution in [0.5, 0.6) is 0 Å². The highest BCUT2D eigenvalue weighted by Gasteiger charge is 2.42. The Morgan fingerprint density at radius 2 is 1.96 bits per heavy atom. The molecule has 0 amide bonds. The largest absolute Gasteiger partial charge is 0.463 e. The summed E-state index contributed by atoms with van der Waals surface area (Å²) in [4.78, 5) is 19.4. The quantitative estimate of drug-likeness (QED) is 0.855. The molecule has 0 aliphatic carbocycles. The fraction of sp³-hybridized carbons (Fsp3) is 0.200. The van der Waals surface area contributed by atoms with Crippen LogP contribution in [0, 0.1) is 5.82 Å². The van der Waals surface area contributed by atoms with Gasteiger partial charge >= 0.3 is 5.97 Å². The minimum atomic E-state index is -0.402. The third-order valence-corrected chi connectivity index (χ3v) is 4.56. The van der Waals surface area contributed by atoms with Gasteiger partial charge in [0.2, 0.25) is 0 Å². The normalized spacial score (nSPS) is 18.0. The minimum absolute atomic E-state index is 0.276. The maximum atomic E-state index is 13.4. The van der Waals surface area contributed by atoms with Gasteiger partial charge < -0.3 is 15.0 Å². The molecule has 1 atom stereocenters. The number of likely N-dealkylation sites (N-methyl/N-ethyl adjacent to an activating group) is 1. The number of nitrogens with zero attached hydrogens (tertiary/aromatic N) is 2. The van der Waals surface area contributed by atoms with Gasteiger partial charge in [-0.25, -0.2) is 14.2 Å². The van der Waals surface area contributed by atoms with Crippen molar-refractivity contribution in [3.05, 3.63) is 71.2 Å². The van der Waals surface area contributed by atoms with Crippen LogP contribution in [0.25, 0.3) is 0 Å². The molecule has 0 fully saturated rings. The van der Waals surface area contributed by atoms with Crippen molar-refractivity contribution < 1.29 is 13.9 Å². The van der Waals surface area contributed by atoms with Crippen LogP contribution in [0.1, 0.15) is 18.5 Å². The van der Waals surface area contributed by atoms with Crippen LogP contribution < -0.4 is 5.32 Å². The molecular formula is C20H18FN3O2. The molecule has 2 aliphatic rings. The first kappa shape index (κ1) is 16.3. The van der Waals surface area contributed by atoms with Gasteiger partial charge in [-0.3, -0.25) is 0 Å². The van der Waals surface area contributed by atoms with Crippen LogP contribution in [0.2, 0.25) is 0 Å². The molecule has 0 bridgehead atoms. The molecule has 1 unspecified atom stereocenters. The summed E-state index contributed by atoms with van der Waals surface area (Å²) in [6.45, 7) is 2.05. The molecule has 0 radical (unpaired) electrons. The fourth-order valence-corrected chi connectivity index (χ4v) is 3.39. The van der Waals surface area contributed by atoms with Gasteiger partial charge in [0.05, 0.1) is 35.3 Å². The van der Waals surface area contributed by atoms with Crippen LogP contribution in [-0.2, 0) is 9.53 Å². The van der Waals surface area contributed by atoms with Crippen molar-refractivity contribution in [1.29, 1.82) is 0 Å². The third-order valence-electron chi connectivity index (χ3n) is 4.56. The number of hydrogen-bond acceptors (Lipinski definition) is 5. The van der Waals surface area contributed by atoms with Crippen LogP contribution in [0.3, 0.4) is 0 Å². The molecule has 2 aromatic rings. The summed E-state index contributed by atoms with van der Waals surface area (Å²) < 4.78 is 18.7. The Labute approximate surface area is 150 Å². The summed E-state index contributed by atoms with van der Waals surface area (Å²) in [6.07, 6.45) is 0. The summed E-state index contributed by atoms with van der Waals surface area (Å²) in [5, 5.41) is 3.32. The van der Waals surface area contributed by atoms with Crippen molar-refractivity contribution in [3.8, 4) is 0 Å². The van der Waals surface area contributed by atoms with E-state index in [1.165, 1.54) is 12.1 Å². The van der Waals surface area contributed by atoms with E-state index >= 15 is 0 Å². The smallest absolute Gasteiger partial charge is 0.338 e. The van der Waals surface area contributed by atoms with E-state index in [4.69, 9.17) is 9.73 Å². The number of carbonyl (C=O) groups excluding carboxylic acids is 1. The molecule has 2 aliphatic heterocycles. The predicted molar refractivity (Wildman–Crippen MR) is 97.7 cm³/mol. The van der Waals surface area contributed by atoms with E-state index < -0.39 is 12.0 Å². The molecule has 2 heterocycles. The number of aliphatic imine (C=N–C) groups is 1. The van der Waals surface area contributed by atoms with Gasteiger partial charge in [0.15, 0.2) is 5.84 Å². The maximum Gasteiger partial charge on any atom is 0.338 e. The number of halogens is 1. The number of ether oxygens (including phenoxy) is 1. The molecule has 132 valence electrons. The Bertz CT molecular complexity index is 934. The van der Waals surface area contributed by atoms with Crippen molar-refractivity contribution in [2.24, 2.45) is 4.99 Å². The highest BCUT2D eigenvalue weighted by atomic mass is 19.1. The molecule has 0 saturated heterocycles. The second kappa shape index (κ2) is 6.29. The molecule has 4 rings (SSSR count). The number of hydrogen-bond donors (Lipinski definition) is 1. The molecule has 0 aromatic heterocycles. The average Bonchev–Trinajstić information content (AvgIpc) is 2.93. The van der Waals surface area contributed by atoms with Crippen molar-refractivity contribution in [1.82, 2.24) is 4.90 Å². The third kappa shape index (κ3) is 2.54. The van der Waals surface area contributed by atoms with Gasteiger partial charge in [-0.15, -0.1) is 0 Å². The van der Waals surface area contributed by atoms with E-state index in [-0.39, 0.29) is 12.4 Å². The fourth-order valence-electron chi connectivity index (χ4n) is 3.39. The van der Waals surface area contributed by atoms with Gasteiger partial charge in [0, 0.05) is 7.05 Å². The number of benzene rings is 2. The Morgan fingerprint density at radius 1 is 1.23 bits per heavy atom. The maximum absolute atomic E-state index is 13.4. The molecule has 0 spiro atoms. The number of para-hydroxylation sites is 2. The highest BCUT2D eigenvalue weighted by Crippen LogP contribution is 2.43. The molecule has 1 N–H and O–H groups in total. The lowest BCUT2D eigenvalue weighted by Crippen LogP contribution is -2.28. The monoisotopic (exact) mass is 351 g/mol. The second-order valence-corrected chi connectivity index (χ2v) is 6.15. The molecule has 6 heteroatoms. The van der Waals surface area contributed by atoms with E-state index in [1.807, 2.05) is 36.2 Å². The lowest BCUT2D eigenvalue weighted by Gasteiger charge is -2.25. The topological polar surface area (TPSA) is 53.9 Å². The molecule has 2 aromatic carbocycles. The first-order valence-electron chi connectivity index (χ1n) is 8.45. The number of esters is 1. The average molecular weight is 351 g/mol. The Balaban J connectivity index is 1.87. The van der Waals surface area contributed by atoms with Crippen molar-refractivity contribution in [2.45, 2.75) is 13.0 Å². The zero-order valence-electron chi connectivity index (χ0n) is 14.5. The van der Waals surface area contributed by atoms with Crippen molar-refractivity contribution in [2.75, 3.05) is 19.0 Å². The standard InChI is InChI=1S/C20H18FN3O2/c1-3-26-20(25)16-17-19(23-15-7-5-4-6-14(15)22-17)24(2)18(16)12-8-10-13(21)11-9-12/h4-11,18,22H,3H2,1-2H3. The summed E-state index contributed by atoms with van der Waals surface area (Å²) >= 11 is 0. The number of rotatable bonds is 3. The van der Waals surface area contributed by atoms with E-state index in [2.05, 4.69) is 5.32 Å². The number of nitrogens with one attached hydrogen (secondary N) is 1. The zero-order valence-corrected chi connectivity index (χ0v) is 14.5. The predicted octanol–water partition coefficient (Wildman–Crippen LogP) is 3.79.